The van der Waals surface area contributed by atoms with Gasteiger partial charge in [0.25, 0.3) is 0 Å². The van der Waals surface area contributed by atoms with E-state index in [9.17, 15) is 9.59 Å². The Morgan fingerprint density at radius 3 is 2.14 bits per heavy atom. The van der Waals surface area contributed by atoms with Gasteiger partial charge in [0.1, 0.15) is 0 Å². The second kappa shape index (κ2) is 5.80. The fourth-order valence-corrected chi connectivity index (χ4v) is 0.958. The molecule has 70 valence electrons. The molecule has 0 unspecified atom stereocenters. The molecule has 0 heterocycles. The van der Waals surface area contributed by atoms with Crippen LogP contribution >= 0.6 is 0 Å². The van der Waals surface area contributed by atoms with Gasteiger partial charge in [-0.15, -0.1) is 0 Å². The zero-order chi connectivity index (χ0) is 9.84. The van der Waals surface area contributed by atoms with E-state index >= 15 is 0 Å². The normalized spacial score (nSPS) is 8.64. The van der Waals surface area contributed by atoms with Crippen molar-refractivity contribution in [2.45, 2.75) is 0 Å². The van der Waals surface area contributed by atoms with Crippen LogP contribution in [0.15, 0.2) is 24.3 Å². The second-order valence-electron chi connectivity index (χ2n) is 2.34. The molecule has 0 atom stereocenters. The molecule has 1 aromatic carbocycles. The molecule has 0 aliphatic heterocycles. The number of carbonyl (C=O) groups excluding carboxylic acids is 1. The first-order valence-corrected chi connectivity index (χ1v) is 3.57. The van der Waals surface area contributed by atoms with Crippen molar-refractivity contribution in [2.75, 3.05) is 7.11 Å². The zero-order valence-corrected chi connectivity index (χ0v) is 6.98. The van der Waals surface area contributed by atoms with Crippen molar-refractivity contribution in [3.63, 3.8) is 0 Å². The molecule has 0 spiro atoms. The summed E-state index contributed by atoms with van der Waals surface area (Å²) in [6.07, 6.45) is 0. The van der Waals surface area contributed by atoms with Gasteiger partial charge in [0.05, 0.1) is 18.2 Å². The Morgan fingerprint density at radius 2 is 1.71 bits per heavy atom. The van der Waals surface area contributed by atoms with Crippen LogP contribution in [0.1, 0.15) is 20.7 Å². The predicted octanol–water partition coefficient (Wildman–Crippen LogP) is 0.523. The summed E-state index contributed by atoms with van der Waals surface area (Å²) in [6, 6.07) is 5.90. The summed E-state index contributed by atoms with van der Waals surface area (Å²) in [5.41, 5.74) is 0.0202. The van der Waals surface area contributed by atoms with Crippen LogP contribution in [0, 0.1) is 0 Å². The molecule has 1 aromatic rings. The van der Waals surface area contributed by atoms with Crippen LogP contribution in [0.25, 0.3) is 0 Å². The number of hydrogen-bond acceptors (Lipinski definition) is 3. The van der Waals surface area contributed by atoms with E-state index in [1.54, 1.807) is 12.1 Å². The summed E-state index contributed by atoms with van der Waals surface area (Å²) in [6.45, 7) is 0. The van der Waals surface area contributed by atoms with E-state index in [4.69, 9.17) is 5.11 Å². The second-order valence-corrected chi connectivity index (χ2v) is 2.34. The van der Waals surface area contributed by atoms with Gasteiger partial charge in [-0.2, -0.15) is 0 Å². The Hall–Kier alpha value is -0.840. The number of carbonyl (C=O) groups is 2. The van der Waals surface area contributed by atoms with Gasteiger partial charge in [0.2, 0.25) is 0 Å². The SMILES string of the molecule is COC(=O)c1ccccc1C(=O)O.[NaH]. The molecule has 0 saturated heterocycles. The fourth-order valence-electron chi connectivity index (χ4n) is 0.958. The fraction of sp³-hybridized carbons (Fsp3) is 0.111. The summed E-state index contributed by atoms with van der Waals surface area (Å²) in [7, 11) is 1.21. The number of esters is 1. The zero-order valence-electron chi connectivity index (χ0n) is 6.98. The van der Waals surface area contributed by atoms with Crippen LogP contribution in [-0.2, 0) is 4.74 Å². The van der Waals surface area contributed by atoms with E-state index in [-0.39, 0.29) is 40.7 Å². The summed E-state index contributed by atoms with van der Waals surface area (Å²) in [4.78, 5) is 21.7. The molecule has 14 heavy (non-hydrogen) atoms. The minimum atomic E-state index is -1.14. The third-order valence-electron chi connectivity index (χ3n) is 1.56. The average Bonchev–Trinajstić information content (AvgIpc) is 2.16. The van der Waals surface area contributed by atoms with Crippen LogP contribution in [0.4, 0.5) is 0 Å². The van der Waals surface area contributed by atoms with Crippen molar-refractivity contribution in [2.24, 2.45) is 0 Å². The number of hydrogen-bond donors (Lipinski definition) is 1. The van der Waals surface area contributed by atoms with Gasteiger partial charge >= 0.3 is 41.5 Å². The molecule has 0 aliphatic carbocycles. The van der Waals surface area contributed by atoms with Crippen molar-refractivity contribution >= 4 is 41.5 Å². The minimum absolute atomic E-state index is 0. The van der Waals surface area contributed by atoms with Gasteiger partial charge in [-0.05, 0) is 12.1 Å². The number of carboxylic acids is 1. The Morgan fingerprint density at radius 1 is 1.21 bits per heavy atom. The Bertz CT molecular complexity index is 348. The number of benzene rings is 1. The monoisotopic (exact) mass is 204 g/mol. The third-order valence-corrected chi connectivity index (χ3v) is 1.56. The summed E-state index contributed by atoms with van der Waals surface area (Å²) >= 11 is 0. The van der Waals surface area contributed by atoms with E-state index < -0.39 is 11.9 Å². The first kappa shape index (κ1) is 13.2. The van der Waals surface area contributed by atoms with Crippen molar-refractivity contribution in [1.82, 2.24) is 0 Å². The van der Waals surface area contributed by atoms with Crippen molar-refractivity contribution < 1.29 is 19.4 Å². The molecular formula is C9H9NaO4. The maximum absolute atomic E-state index is 11.1. The molecule has 4 nitrogen and oxygen atoms in total. The summed E-state index contributed by atoms with van der Waals surface area (Å²) < 4.78 is 4.42. The maximum atomic E-state index is 11.1. The van der Waals surface area contributed by atoms with Crippen molar-refractivity contribution in [1.29, 1.82) is 0 Å². The predicted molar refractivity (Wildman–Crippen MR) is 51.9 cm³/mol. The Labute approximate surface area is 103 Å². The van der Waals surface area contributed by atoms with Crippen LogP contribution in [0.5, 0.6) is 0 Å². The van der Waals surface area contributed by atoms with Crippen LogP contribution in [0.2, 0.25) is 0 Å². The summed E-state index contributed by atoms with van der Waals surface area (Å²) in [5, 5.41) is 8.70. The standard InChI is InChI=1S/C9H8O4.Na.H/c1-13-9(12)7-5-3-2-4-6(7)8(10)11;;/h2-5H,1H3,(H,10,11);;. The molecule has 1 N–H and O–H groups in total. The number of rotatable bonds is 2. The van der Waals surface area contributed by atoms with E-state index in [2.05, 4.69) is 4.74 Å². The van der Waals surface area contributed by atoms with Gasteiger partial charge in [-0.1, -0.05) is 12.1 Å². The molecule has 0 aliphatic rings. The first-order valence-electron chi connectivity index (χ1n) is 3.57. The Balaban J connectivity index is 0.00000169. The van der Waals surface area contributed by atoms with Crippen LogP contribution in [-0.4, -0.2) is 53.7 Å². The molecule has 0 aromatic heterocycles. The average molecular weight is 204 g/mol. The van der Waals surface area contributed by atoms with Gasteiger partial charge < -0.3 is 9.84 Å². The molecule has 0 saturated carbocycles. The first-order chi connectivity index (χ1) is 6.16. The Kier molecular flexibility index (Phi) is 5.45. The van der Waals surface area contributed by atoms with E-state index in [0.29, 0.717) is 0 Å². The molecule has 0 bridgehead atoms. The van der Waals surface area contributed by atoms with E-state index in [1.165, 1.54) is 19.2 Å². The number of ether oxygens (including phenoxy) is 1. The topological polar surface area (TPSA) is 63.6 Å². The molecular weight excluding hydrogens is 195 g/mol. The van der Waals surface area contributed by atoms with Gasteiger partial charge in [-0.25, -0.2) is 9.59 Å². The molecule has 0 radical (unpaired) electrons. The van der Waals surface area contributed by atoms with Gasteiger partial charge in [0, 0.05) is 0 Å². The molecule has 0 fully saturated rings. The van der Waals surface area contributed by atoms with Gasteiger partial charge in [0.15, 0.2) is 0 Å². The molecule has 1 rings (SSSR count). The summed E-state index contributed by atoms with van der Waals surface area (Å²) in [5.74, 6) is -1.78. The molecule has 5 heteroatoms. The van der Waals surface area contributed by atoms with Crippen molar-refractivity contribution in [3.8, 4) is 0 Å². The quantitative estimate of drug-likeness (QED) is 0.563. The van der Waals surface area contributed by atoms with E-state index in [0.717, 1.165) is 0 Å². The van der Waals surface area contributed by atoms with E-state index in [1.807, 2.05) is 0 Å². The third kappa shape index (κ3) is 2.83. The number of aromatic carboxylic acids is 1. The molecule has 0 amide bonds. The number of carboxylic acid groups (broad SMARTS) is 1. The van der Waals surface area contributed by atoms with Crippen LogP contribution < -0.4 is 0 Å². The van der Waals surface area contributed by atoms with Crippen molar-refractivity contribution in [3.05, 3.63) is 35.4 Å². The number of methoxy groups -OCH3 is 1. The van der Waals surface area contributed by atoms with Crippen LogP contribution in [0.3, 0.4) is 0 Å². The van der Waals surface area contributed by atoms with Gasteiger partial charge in [-0.3, -0.25) is 0 Å².